The number of halogens is 1. The highest BCUT2D eigenvalue weighted by atomic mass is 35.5. The van der Waals surface area contributed by atoms with Gasteiger partial charge in [-0.1, -0.05) is 0 Å². The Morgan fingerprint density at radius 3 is 2.38 bits per heavy atom. The monoisotopic (exact) mass is 271 g/mol. The summed E-state index contributed by atoms with van der Waals surface area (Å²) in [6.45, 7) is 5.68. The van der Waals surface area contributed by atoms with E-state index in [1.165, 1.54) is 12.8 Å². The average molecular weight is 272 g/mol. The third kappa shape index (κ3) is 5.65. The highest BCUT2D eigenvalue weighted by Crippen LogP contribution is 2.48. The lowest BCUT2D eigenvalue weighted by molar-refractivity contribution is 0.219. The molecule has 1 unspecified atom stereocenters. The summed E-state index contributed by atoms with van der Waals surface area (Å²) < 4.78 is 22.6. The molecule has 1 rings (SSSR count). The van der Waals surface area contributed by atoms with Crippen LogP contribution in [-0.4, -0.2) is 32.0 Å². The molecule has 1 aliphatic rings. The van der Waals surface area contributed by atoms with Crippen LogP contribution in [0.15, 0.2) is 0 Å². The quantitative estimate of drug-likeness (QED) is 0.724. The van der Waals surface area contributed by atoms with Gasteiger partial charge in [-0.2, -0.15) is 0 Å². The van der Waals surface area contributed by atoms with Crippen LogP contribution in [0.25, 0.3) is 0 Å². The van der Waals surface area contributed by atoms with Crippen molar-refractivity contribution in [1.82, 2.24) is 5.32 Å². The van der Waals surface area contributed by atoms with Gasteiger partial charge in [0.25, 0.3) is 0 Å². The molecular formula is C10H23ClNO3P. The van der Waals surface area contributed by atoms with Gasteiger partial charge in [0.1, 0.15) is 0 Å². The standard InChI is InChI=1S/C10H22NO3P.ClH/c1-3-13-15(12,14-4-2)9-7-10-6-5-8-11-10;/h10-11H,3-9H2,1-2H3;1H. The summed E-state index contributed by atoms with van der Waals surface area (Å²) in [4.78, 5) is 0. The Kier molecular flexibility index (Phi) is 8.70. The predicted octanol–water partition coefficient (Wildman–Crippen LogP) is 2.82. The van der Waals surface area contributed by atoms with Crippen molar-refractivity contribution in [2.45, 2.75) is 39.2 Å². The van der Waals surface area contributed by atoms with Gasteiger partial charge in [0.2, 0.25) is 0 Å². The van der Waals surface area contributed by atoms with Crippen molar-refractivity contribution in [3.8, 4) is 0 Å². The minimum Gasteiger partial charge on any atom is -0.314 e. The molecule has 1 atom stereocenters. The van der Waals surface area contributed by atoms with Crippen LogP contribution < -0.4 is 5.32 Å². The van der Waals surface area contributed by atoms with Crippen molar-refractivity contribution >= 4 is 20.0 Å². The molecule has 0 aromatic heterocycles. The molecular weight excluding hydrogens is 249 g/mol. The molecule has 16 heavy (non-hydrogen) atoms. The van der Waals surface area contributed by atoms with Gasteiger partial charge >= 0.3 is 7.60 Å². The molecule has 1 aliphatic heterocycles. The number of rotatable bonds is 7. The van der Waals surface area contributed by atoms with Gasteiger partial charge in [-0.3, -0.25) is 4.57 Å². The normalized spacial score (nSPS) is 20.8. The fourth-order valence-corrected chi connectivity index (χ4v) is 3.62. The lowest BCUT2D eigenvalue weighted by atomic mass is 10.2. The molecule has 98 valence electrons. The molecule has 0 saturated carbocycles. The molecule has 0 spiro atoms. The molecule has 1 heterocycles. The topological polar surface area (TPSA) is 47.6 Å². The van der Waals surface area contributed by atoms with Gasteiger partial charge in [0.15, 0.2) is 0 Å². The molecule has 0 amide bonds. The van der Waals surface area contributed by atoms with E-state index < -0.39 is 7.60 Å². The molecule has 0 radical (unpaired) electrons. The van der Waals surface area contributed by atoms with Crippen molar-refractivity contribution in [2.75, 3.05) is 25.9 Å². The van der Waals surface area contributed by atoms with Crippen LogP contribution >= 0.6 is 20.0 Å². The van der Waals surface area contributed by atoms with Gasteiger partial charge < -0.3 is 14.4 Å². The first-order valence-corrected chi connectivity index (χ1v) is 7.54. The van der Waals surface area contributed by atoms with Crippen molar-refractivity contribution in [3.63, 3.8) is 0 Å². The summed E-state index contributed by atoms with van der Waals surface area (Å²) in [5.41, 5.74) is 0. The fraction of sp³-hybridized carbons (Fsp3) is 1.00. The van der Waals surface area contributed by atoms with Crippen LogP contribution in [0.3, 0.4) is 0 Å². The van der Waals surface area contributed by atoms with Gasteiger partial charge in [0, 0.05) is 6.04 Å². The van der Waals surface area contributed by atoms with Gasteiger partial charge in [-0.25, -0.2) is 0 Å². The maximum absolute atomic E-state index is 12.1. The Hall–Kier alpha value is 0.400. The highest BCUT2D eigenvalue weighted by Gasteiger charge is 2.25. The van der Waals surface area contributed by atoms with E-state index in [1.807, 2.05) is 13.8 Å². The minimum absolute atomic E-state index is 0. The maximum Gasteiger partial charge on any atom is 0.330 e. The van der Waals surface area contributed by atoms with Gasteiger partial charge in [-0.15, -0.1) is 12.4 Å². The van der Waals surface area contributed by atoms with Crippen LogP contribution in [-0.2, 0) is 13.6 Å². The molecule has 1 saturated heterocycles. The number of hydrogen-bond donors (Lipinski definition) is 1. The first kappa shape index (κ1) is 16.4. The second-order valence-electron chi connectivity index (χ2n) is 3.75. The largest absolute Gasteiger partial charge is 0.330 e. The van der Waals surface area contributed by atoms with E-state index >= 15 is 0 Å². The van der Waals surface area contributed by atoms with E-state index in [9.17, 15) is 4.57 Å². The molecule has 1 N–H and O–H groups in total. The Bertz CT molecular complexity index is 212. The summed E-state index contributed by atoms with van der Waals surface area (Å²) in [6.07, 6.45) is 3.82. The molecule has 0 aliphatic carbocycles. The Balaban J connectivity index is 0.00000225. The van der Waals surface area contributed by atoms with E-state index in [1.54, 1.807) is 0 Å². The number of nitrogens with one attached hydrogen (secondary N) is 1. The summed E-state index contributed by atoms with van der Waals surface area (Å²) in [7, 11) is -2.81. The van der Waals surface area contributed by atoms with Crippen LogP contribution in [0.4, 0.5) is 0 Å². The van der Waals surface area contributed by atoms with Crippen molar-refractivity contribution < 1.29 is 13.6 Å². The summed E-state index contributed by atoms with van der Waals surface area (Å²) in [6, 6.07) is 0.499. The van der Waals surface area contributed by atoms with E-state index in [2.05, 4.69) is 5.32 Å². The van der Waals surface area contributed by atoms with Crippen molar-refractivity contribution in [2.24, 2.45) is 0 Å². The first-order valence-electron chi connectivity index (χ1n) is 5.81. The van der Waals surface area contributed by atoms with E-state index in [-0.39, 0.29) is 12.4 Å². The smallest absolute Gasteiger partial charge is 0.314 e. The number of hydrogen-bond acceptors (Lipinski definition) is 4. The third-order valence-electron chi connectivity index (χ3n) is 2.57. The van der Waals surface area contributed by atoms with Crippen LogP contribution in [0.5, 0.6) is 0 Å². The Labute approximate surface area is 104 Å². The van der Waals surface area contributed by atoms with Crippen molar-refractivity contribution in [1.29, 1.82) is 0 Å². The average Bonchev–Trinajstić information content (AvgIpc) is 2.68. The van der Waals surface area contributed by atoms with E-state index in [0.29, 0.717) is 25.4 Å². The Morgan fingerprint density at radius 1 is 1.31 bits per heavy atom. The van der Waals surface area contributed by atoms with Crippen LogP contribution in [0.2, 0.25) is 0 Å². The fourth-order valence-electron chi connectivity index (χ4n) is 1.88. The second kappa shape index (κ2) is 8.48. The van der Waals surface area contributed by atoms with Crippen LogP contribution in [0, 0.1) is 0 Å². The molecule has 4 nitrogen and oxygen atoms in total. The lowest BCUT2D eigenvalue weighted by Crippen LogP contribution is -2.22. The molecule has 0 aromatic rings. The lowest BCUT2D eigenvalue weighted by Gasteiger charge is -2.18. The molecule has 0 bridgehead atoms. The van der Waals surface area contributed by atoms with E-state index in [4.69, 9.17) is 9.05 Å². The second-order valence-corrected chi connectivity index (χ2v) is 5.94. The summed E-state index contributed by atoms with van der Waals surface area (Å²) in [5, 5.41) is 3.38. The minimum atomic E-state index is -2.81. The highest BCUT2D eigenvalue weighted by molar-refractivity contribution is 7.53. The predicted molar refractivity (Wildman–Crippen MR) is 68.6 cm³/mol. The zero-order valence-electron chi connectivity index (χ0n) is 10.1. The Morgan fingerprint density at radius 2 is 1.94 bits per heavy atom. The zero-order valence-corrected chi connectivity index (χ0v) is 11.8. The molecule has 0 aromatic carbocycles. The third-order valence-corrected chi connectivity index (χ3v) is 4.67. The van der Waals surface area contributed by atoms with Crippen molar-refractivity contribution in [3.05, 3.63) is 0 Å². The first-order chi connectivity index (χ1) is 7.20. The van der Waals surface area contributed by atoms with Gasteiger partial charge in [-0.05, 0) is 39.7 Å². The van der Waals surface area contributed by atoms with Crippen LogP contribution in [0.1, 0.15) is 33.1 Å². The maximum atomic E-state index is 12.1. The summed E-state index contributed by atoms with van der Waals surface area (Å²) in [5.74, 6) is 0. The summed E-state index contributed by atoms with van der Waals surface area (Å²) >= 11 is 0. The van der Waals surface area contributed by atoms with Gasteiger partial charge in [0.05, 0.1) is 19.4 Å². The molecule has 1 fully saturated rings. The molecule has 6 heteroatoms. The zero-order chi connectivity index (χ0) is 11.1. The SMILES string of the molecule is CCOP(=O)(CCC1CCCN1)OCC.Cl. The van der Waals surface area contributed by atoms with E-state index in [0.717, 1.165) is 13.0 Å².